The number of rotatable bonds is 1. The van der Waals surface area contributed by atoms with Crippen molar-refractivity contribution in [3.8, 4) is 0 Å². The van der Waals surface area contributed by atoms with E-state index in [1.165, 1.54) is 0 Å². The first-order valence-corrected chi connectivity index (χ1v) is 1.92. The van der Waals surface area contributed by atoms with Crippen molar-refractivity contribution in [1.82, 2.24) is 0 Å². The van der Waals surface area contributed by atoms with Crippen LogP contribution in [-0.2, 0) is 0 Å². The van der Waals surface area contributed by atoms with E-state index in [2.05, 4.69) is 6.92 Å². The third kappa shape index (κ3) is 9.92. The molecule has 0 aliphatic heterocycles. The van der Waals surface area contributed by atoms with Gasteiger partial charge in [0.2, 0.25) is 0 Å². The third-order valence-electron chi connectivity index (χ3n) is 0.460. The van der Waals surface area contributed by atoms with Crippen molar-refractivity contribution in [2.24, 2.45) is 0 Å². The van der Waals surface area contributed by atoms with Gasteiger partial charge in [-0.2, -0.15) is 13.2 Å². The second-order valence-corrected chi connectivity index (χ2v) is 1.22. The van der Waals surface area contributed by atoms with E-state index in [1.54, 1.807) is 0 Å². The zero-order valence-corrected chi connectivity index (χ0v) is 3.76. The van der Waals surface area contributed by atoms with Gasteiger partial charge in [-0.15, -0.1) is 0 Å². The van der Waals surface area contributed by atoms with Crippen LogP contribution in [0.5, 0.6) is 0 Å². The van der Waals surface area contributed by atoms with E-state index in [-0.39, 0.29) is 36.0 Å². The molecule has 0 rings (SSSR count). The van der Waals surface area contributed by atoms with E-state index in [1.807, 2.05) is 0 Å². The Morgan fingerprint density at radius 3 is 1.62 bits per heavy atom. The molecule has 0 bridgehead atoms. The summed E-state index contributed by atoms with van der Waals surface area (Å²) in [6.45, 7) is 3.05. The predicted molar refractivity (Wildman–Crippen MR) is 27.8 cm³/mol. The van der Waals surface area contributed by atoms with E-state index in [0.29, 0.717) is 0 Å². The minimum atomic E-state index is -4.01. The number of alkyl halides is 3. The van der Waals surface area contributed by atoms with Crippen molar-refractivity contribution < 1.29 is 13.2 Å². The van der Waals surface area contributed by atoms with Gasteiger partial charge in [0, 0.05) is 6.42 Å². The molecule has 0 aromatic carbocycles. The summed E-state index contributed by atoms with van der Waals surface area (Å²) in [5.74, 6) is 0. The average molecular weight is 135 g/mol. The standard InChI is InChI=1S/C4H6F3.Na.H/c1-2-3-4(5,6)7;;/h1-3H2;;. The molecule has 0 saturated carbocycles. The summed E-state index contributed by atoms with van der Waals surface area (Å²) in [5.41, 5.74) is 0. The monoisotopic (exact) mass is 135 g/mol. The van der Waals surface area contributed by atoms with Crippen LogP contribution in [0.3, 0.4) is 0 Å². The topological polar surface area (TPSA) is 0 Å². The Hall–Kier alpha value is 0.790. The van der Waals surface area contributed by atoms with Gasteiger partial charge < -0.3 is 0 Å². The van der Waals surface area contributed by atoms with Crippen LogP contribution < -0.4 is 0 Å². The first-order chi connectivity index (χ1) is 3.06. The molecular formula is C4H7F3Na. The Labute approximate surface area is 68.7 Å². The normalized spacial score (nSPS) is 10.5. The first-order valence-electron chi connectivity index (χ1n) is 1.92. The van der Waals surface area contributed by atoms with Gasteiger partial charge in [0.05, 0.1) is 0 Å². The molecule has 0 aromatic rings. The van der Waals surface area contributed by atoms with Crippen molar-refractivity contribution in [1.29, 1.82) is 0 Å². The van der Waals surface area contributed by atoms with Crippen molar-refractivity contribution in [2.75, 3.05) is 0 Å². The molecule has 45 valence electrons. The van der Waals surface area contributed by atoms with Gasteiger partial charge in [0.1, 0.15) is 0 Å². The van der Waals surface area contributed by atoms with Crippen LogP contribution in [0.25, 0.3) is 0 Å². The van der Waals surface area contributed by atoms with Crippen molar-refractivity contribution in [3.05, 3.63) is 6.92 Å². The van der Waals surface area contributed by atoms with Gasteiger partial charge >= 0.3 is 35.7 Å². The Kier molecular flexibility index (Phi) is 6.72. The zero-order chi connectivity index (χ0) is 5.91. The summed E-state index contributed by atoms with van der Waals surface area (Å²) in [6.07, 6.45) is -4.85. The van der Waals surface area contributed by atoms with Gasteiger partial charge in [-0.05, 0) is 6.42 Å². The Morgan fingerprint density at radius 1 is 1.25 bits per heavy atom. The second-order valence-electron chi connectivity index (χ2n) is 1.22. The van der Waals surface area contributed by atoms with Crippen LogP contribution in [0.4, 0.5) is 13.2 Å². The molecule has 0 atom stereocenters. The fourth-order valence-corrected chi connectivity index (χ4v) is 0.200. The average Bonchev–Trinajstić information content (AvgIpc) is 1.30. The van der Waals surface area contributed by atoms with Crippen molar-refractivity contribution in [2.45, 2.75) is 19.0 Å². The fourth-order valence-electron chi connectivity index (χ4n) is 0.200. The van der Waals surface area contributed by atoms with Crippen LogP contribution in [0.15, 0.2) is 0 Å². The van der Waals surface area contributed by atoms with Crippen molar-refractivity contribution in [3.63, 3.8) is 0 Å². The molecule has 0 N–H and O–H groups in total. The molecule has 0 aliphatic carbocycles. The molecule has 0 unspecified atom stereocenters. The van der Waals surface area contributed by atoms with E-state index in [0.717, 1.165) is 0 Å². The second kappa shape index (κ2) is 4.65. The van der Waals surface area contributed by atoms with Crippen LogP contribution in [0.1, 0.15) is 12.8 Å². The van der Waals surface area contributed by atoms with Gasteiger partial charge in [0.15, 0.2) is 0 Å². The summed E-state index contributed by atoms with van der Waals surface area (Å²) in [5, 5.41) is 0. The Morgan fingerprint density at radius 2 is 1.62 bits per heavy atom. The maximum atomic E-state index is 11.0. The summed E-state index contributed by atoms with van der Waals surface area (Å²) in [6, 6.07) is 0. The molecule has 0 amide bonds. The Bertz CT molecular complexity index is 49.7. The Balaban J connectivity index is 0. The zero-order valence-electron chi connectivity index (χ0n) is 3.76. The third-order valence-corrected chi connectivity index (χ3v) is 0.460. The van der Waals surface area contributed by atoms with Crippen LogP contribution in [-0.4, -0.2) is 35.7 Å². The molecule has 0 saturated heterocycles. The van der Waals surface area contributed by atoms with Crippen molar-refractivity contribution >= 4 is 29.6 Å². The summed E-state index contributed by atoms with van der Waals surface area (Å²) in [4.78, 5) is 0. The molecule has 0 fully saturated rings. The van der Waals surface area contributed by atoms with E-state index >= 15 is 0 Å². The van der Waals surface area contributed by atoms with E-state index in [9.17, 15) is 13.2 Å². The van der Waals surface area contributed by atoms with Gasteiger partial charge in [0.25, 0.3) is 0 Å². The molecule has 0 aromatic heterocycles. The molecule has 4 heteroatoms. The predicted octanol–water partition coefficient (Wildman–Crippen LogP) is 1.51. The quantitative estimate of drug-likeness (QED) is 0.478. The minimum absolute atomic E-state index is 0. The fraction of sp³-hybridized carbons (Fsp3) is 0.750. The number of halogens is 3. The summed E-state index contributed by atoms with van der Waals surface area (Å²) < 4.78 is 33.0. The van der Waals surface area contributed by atoms with Gasteiger partial charge in [-0.3, -0.25) is 0 Å². The molecule has 1 radical (unpaired) electrons. The molecule has 0 aliphatic rings. The van der Waals surface area contributed by atoms with Gasteiger partial charge in [-0.1, -0.05) is 6.92 Å². The summed E-state index contributed by atoms with van der Waals surface area (Å²) >= 11 is 0. The van der Waals surface area contributed by atoms with Gasteiger partial charge in [-0.25, -0.2) is 0 Å². The summed E-state index contributed by atoms with van der Waals surface area (Å²) in [7, 11) is 0. The van der Waals surface area contributed by atoms with Crippen LogP contribution in [0, 0.1) is 6.92 Å². The molecule has 0 heterocycles. The van der Waals surface area contributed by atoms with E-state index in [4.69, 9.17) is 0 Å². The molecule has 8 heavy (non-hydrogen) atoms. The SMILES string of the molecule is [CH2]CCC(F)(F)F.[NaH]. The van der Waals surface area contributed by atoms with Crippen LogP contribution >= 0.6 is 0 Å². The molecular weight excluding hydrogens is 128 g/mol. The molecule has 0 nitrogen and oxygen atoms in total. The molecule has 0 spiro atoms. The van der Waals surface area contributed by atoms with Crippen LogP contribution in [0.2, 0.25) is 0 Å². The number of hydrogen-bond acceptors (Lipinski definition) is 0. The number of hydrogen-bond donors (Lipinski definition) is 0. The van der Waals surface area contributed by atoms with E-state index < -0.39 is 12.6 Å². The first kappa shape index (κ1) is 11.6. The maximum absolute atomic E-state index is 11.0.